The van der Waals surface area contributed by atoms with Gasteiger partial charge in [0.05, 0.1) is 12.0 Å². The fourth-order valence-corrected chi connectivity index (χ4v) is 2.64. The van der Waals surface area contributed by atoms with Crippen molar-refractivity contribution in [3.63, 3.8) is 0 Å². The number of hydrazone groups is 1. The van der Waals surface area contributed by atoms with Crippen LogP contribution < -0.4 is 0 Å². The number of hydrogen-bond acceptors (Lipinski definition) is 4. The van der Waals surface area contributed by atoms with Gasteiger partial charge in [-0.05, 0) is 26.7 Å². The average Bonchev–Trinajstić information content (AvgIpc) is 2.55. The third-order valence-electron chi connectivity index (χ3n) is 3.59. The van der Waals surface area contributed by atoms with E-state index in [1.807, 2.05) is 0 Å². The predicted molar refractivity (Wildman–Crippen MR) is 66.6 cm³/mol. The average molecular weight is 238 g/mol. The lowest BCUT2D eigenvalue weighted by Crippen LogP contribution is -2.35. The molecule has 0 bridgehead atoms. The normalized spacial score (nSPS) is 24.6. The monoisotopic (exact) mass is 238 g/mol. The molecule has 96 valence electrons. The Morgan fingerprint density at radius 1 is 1.35 bits per heavy atom. The van der Waals surface area contributed by atoms with E-state index in [1.54, 1.807) is 0 Å². The second-order valence-corrected chi connectivity index (χ2v) is 5.77. The molecule has 1 aliphatic heterocycles. The van der Waals surface area contributed by atoms with Crippen LogP contribution in [-0.4, -0.2) is 29.5 Å². The zero-order valence-corrected chi connectivity index (χ0v) is 11.0. The first-order valence-corrected chi connectivity index (χ1v) is 6.53. The Balaban J connectivity index is 2.06. The van der Waals surface area contributed by atoms with Crippen LogP contribution in [0.4, 0.5) is 0 Å². The molecule has 0 radical (unpaired) electrons. The van der Waals surface area contributed by atoms with E-state index in [1.165, 1.54) is 39.0 Å². The SMILES string of the molecule is CC(=O)OC1=NN(C2CCCCC2)CC1(C)C. The van der Waals surface area contributed by atoms with Crippen LogP contribution in [0.3, 0.4) is 0 Å². The molecular weight excluding hydrogens is 216 g/mol. The quantitative estimate of drug-likeness (QED) is 0.659. The number of rotatable bonds is 1. The summed E-state index contributed by atoms with van der Waals surface area (Å²) in [5.74, 6) is 0.304. The van der Waals surface area contributed by atoms with Gasteiger partial charge in [0.1, 0.15) is 0 Å². The van der Waals surface area contributed by atoms with Gasteiger partial charge in [-0.15, -0.1) is 5.10 Å². The minimum atomic E-state index is -0.276. The smallest absolute Gasteiger partial charge is 0.309 e. The van der Waals surface area contributed by atoms with Gasteiger partial charge in [-0.25, -0.2) is 0 Å². The van der Waals surface area contributed by atoms with E-state index in [0.29, 0.717) is 11.9 Å². The zero-order valence-electron chi connectivity index (χ0n) is 11.0. The molecule has 0 amide bonds. The Morgan fingerprint density at radius 3 is 2.59 bits per heavy atom. The molecule has 0 saturated heterocycles. The second kappa shape index (κ2) is 4.67. The Hall–Kier alpha value is -1.06. The minimum Gasteiger partial charge on any atom is -0.409 e. The maximum Gasteiger partial charge on any atom is 0.309 e. The van der Waals surface area contributed by atoms with E-state index >= 15 is 0 Å². The minimum absolute atomic E-state index is 0.150. The first-order valence-electron chi connectivity index (χ1n) is 6.53. The molecule has 2 rings (SSSR count). The fourth-order valence-electron chi connectivity index (χ4n) is 2.64. The van der Waals surface area contributed by atoms with Crippen LogP contribution in [0.2, 0.25) is 0 Å². The number of esters is 1. The van der Waals surface area contributed by atoms with Crippen LogP contribution in [0.5, 0.6) is 0 Å². The molecule has 4 heteroatoms. The van der Waals surface area contributed by atoms with Gasteiger partial charge in [0.15, 0.2) is 0 Å². The molecule has 0 N–H and O–H groups in total. The summed E-state index contributed by atoms with van der Waals surface area (Å²) in [4.78, 5) is 11.0. The molecule has 1 aliphatic carbocycles. The molecule has 1 fully saturated rings. The van der Waals surface area contributed by atoms with Crippen molar-refractivity contribution in [1.29, 1.82) is 0 Å². The predicted octanol–water partition coefficient (Wildman–Crippen LogP) is 2.54. The Morgan fingerprint density at radius 2 is 2.00 bits per heavy atom. The molecule has 0 aromatic heterocycles. The highest BCUT2D eigenvalue weighted by Gasteiger charge is 2.39. The van der Waals surface area contributed by atoms with E-state index in [2.05, 4.69) is 24.0 Å². The standard InChI is InChI=1S/C13H22N2O2/c1-10(16)17-12-13(2,3)9-15(14-12)11-7-5-4-6-8-11/h11H,4-9H2,1-3H3. The second-order valence-electron chi connectivity index (χ2n) is 5.77. The van der Waals surface area contributed by atoms with Crippen molar-refractivity contribution >= 4 is 11.9 Å². The summed E-state index contributed by atoms with van der Waals surface area (Å²) in [6.07, 6.45) is 6.36. The molecule has 1 heterocycles. The van der Waals surface area contributed by atoms with Gasteiger partial charge >= 0.3 is 5.97 Å². The van der Waals surface area contributed by atoms with Gasteiger partial charge in [0, 0.05) is 13.0 Å². The highest BCUT2D eigenvalue weighted by Crippen LogP contribution is 2.32. The number of hydrogen-bond donors (Lipinski definition) is 0. The summed E-state index contributed by atoms with van der Waals surface area (Å²) < 4.78 is 5.22. The maximum atomic E-state index is 11.0. The fraction of sp³-hybridized carbons (Fsp3) is 0.846. The zero-order chi connectivity index (χ0) is 12.5. The van der Waals surface area contributed by atoms with Crippen molar-refractivity contribution in [2.45, 2.75) is 58.9 Å². The van der Waals surface area contributed by atoms with Crippen LogP contribution in [0.1, 0.15) is 52.9 Å². The Labute approximate surface area is 103 Å². The summed E-state index contributed by atoms with van der Waals surface area (Å²) in [6.45, 7) is 6.46. The van der Waals surface area contributed by atoms with E-state index in [4.69, 9.17) is 4.74 Å². The number of ether oxygens (including phenoxy) is 1. The molecule has 0 unspecified atom stereocenters. The van der Waals surface area contributed by atoms with Gasteiger partial charge in [0.25, 0.3) is 0 Å². The summed E-state index contributed by atoms with van der Waals surface area (Å²) >= 11 is 0. The largest absolute Gasteiger partial charge is 0.409 e. The lowest BCUT2D eigenvalue weighted by Gasteiger charge is -2.30. The van der Waals surface area contributed by atoms with Crippen molar-refractivity contribution in [2.24, 2.45) is 10.5 Å². The third-order valence-corrected chi connectivity index (χ3v) is 3.59. The van der Waals surface area contributed by atoms with Crippen LogP contribution in [0, 0.1) is 5.41 Å². The number of carbonyl (C=O) groups is 1. The van der Waals surface area contributed by atoms with Crippen molar-refractivity contribution in [3.8, 4) is 0 Å². The van der Waals surface area contributed by atoms with Gasteiger partial charge < -0.3 is 4.74 Å². The first-order chi connectivity index (χ1) is 7.99. The van der Waals surface area contributed by atoms with Gasteiger partial charge in [0.2, 0.25) is 5.90 Å². The molecule has 4 nitrogen and oxygen atoms in total. The lowest BCUT2D eigenvalue weighted by molar-refractivity contribution is -0.133. The molecule has 2 aliphatic rings. The highest BCUT2D eigenvalue weighted by molar-refractivity contribution is 5.92. The molecular formula is C13H22N2O2. The first kappa shape index (κ1) is 12.4. The number of carbonyl (C=O) groups excluding carboxylic acids is 1. The van der Waals surface area contributed by atoms with Crippen LogP contribution >= 0.6 is 0 Å². The lowest BCUT2D eigenvalue weighted by atomic mass is 9.91. The molecule has 0 aromatic carbocycles. The molecule has 0 atom stereocenters. The molecule has 1 saturated carbocycles. The number of nitrogens with zero attached hydrogens (tertiary/aromatic N) is 2. The van der Waals surface area contributed by atoms with Crippen LogP contribution in [0.15, 0.2) is 5.10 Å². The Kier molecular flexibility index (Phi) is 3.40. The van der Waals surface area contributed by atoms with Crippen LogP contribution in [-0.2, 0) is 9.53 Å². The van der Waals surface area contributed by atoms with E-state index < -0.39 is 0 Å². The molecule has 0 aromatic rings. The van der Waals surface area contributed by atoms with Gasteiger partial charge in [-0.2, -0.15) is 0 Å². The van der Waals surface area contributed by atoms with E-state index in [-0.39, 0.29) is 11.4 Å². The van der Waals surface area contributed by atoms with Crippen molar-refractivity contribution in [1.82, 2.24) is 5.01 Å². The summed E-state index contributed by atoms with van der Waals surface area (Å²) in [6, 6.07) is 0.538. The molecule has 17 heavy (non-hydrogen) atoms. The van der Waals surface area contributed by atoms with Crippen molar-refractivity contribution in [3.05, 3.63) is 0 Å². The highest BCUT2D eigenvalue weighted by atomic mass is 16.5. The third kappa shape index (κ3) is 2.79. The van der Waals surface area contributed by atoms with E-state index in [9.17, 15) is 4.79 Å². The van der Waals surface area contributed by atoms with Crippen molar-refractivity contribution in [2.75, 3.05) is 6.54 Å². The van der Waals surface area contributed by atoms with Gasteiger partial charge in [-0.3, -0.25) is 9.80 Å². The van der Waals surface area contributed by atoms with Gasteiger partial charge in [-0.1, -0.05) is 19.3 Å². The molecule has 0 spiro atoms. The van der Waals surface area contributed by atoms with Crippen LogP contribution in [0.25, 0.3) is 0 Å². The summed E-state index contributed by atoms with van der Waals surface area (Å²) in [7, 11) is 0. The van der Waals surface area contributed by atoms with Crippen molar-refractivity contribution < 1.29 is 9.53 Å². The van der Waals surface area contributed by atoms with E-state index in [0.717, 1.165) is 6.54 Å². The Bertz CT molecular complexity index is 330. The topological polar surface area (TPSA) is 41.9 Å². The summed E-state index contributed by atoms with van der Waals surface area (Å²) in [5, 5.41) is 6.65. The summed E-state index contributed by atoms with van der Waals surface area (Å²) in [5.41, 5.74) is -0.150. The maximum absolute atomic E-state index is 11.0.